The maximum Gasteiger partial charge on any atom is 0.272 e. The summed E-state index contributed by atoms with van der Waals surface area (Å²) in [5, 5.41) is 7.17. The Morgan fingerprint density at radius 2 is 2.04 bits per heavy atom. The smallest absolute Gasteiger partial charge is 0.272 e. The molecule has 0 amide bonds. The van der Waals surface area contributed by atoms with E-state index < -0.39 is 13.0 Å². The van der Waals surface area contributed by atoms with Crippen molar-refractivity contribution in [3.8, 4) is 28.9 Å². The maximum atomic E-state index is 12.1. The fourth-order valence-corrected chi connectivity index (χ4v) is 2.53. The zero-order valence-electron chi connectivity index (χ0n) is 12.9. The molecule has 0 saturated heterocycles. The fourth-order valence-electron chi connectivity index (χ4n) is 2.53. The number of ether oxygens (including phenoxy) is 1. The van der Waals surface area contributed by atoms with E-state index in [9.17, 15) is 8.78 Å². The van der Waals surface area contributed by atoms with Crippen LogP contribution in [0.1, 0.15) is 11.1 Å². The predicted octanol–water partition coefficient (Wildman–Crippen LogP) is 2.44. The summed E-state index contributed by atoms with van der Waals surface area (Å²) in [4.78, 5) is 12.3. The summed E-state index contributed by atoms with van der Waals surface area (Å²) in [6.07, 6.45) is 0.0281. The first-order chi connectivity index (χ1) is 12.2. The van der Waals surface area contributed by atoms with Crippen LogP contribution in [0.4, 0.5) is 8.78 Å². The van der Waals surface area contributed by atoms with E-state index in [1.165, 1.54) is 23.5 Å². The fraction of sp³-hybridized carbons (Fsp3) is 0.250. The van der Waals surface area contributed by atoms with Gasteiger partial charge in [-0.05, 0) is 23.3 Å². The molecule has 7 nitrogen and oxygen atoms in total. The number of alkyl halides is 2. The third-order valence-electron chi connectivity index (χ3n) is 3.72. The van der Waals surface area contributed by atoms with Crippen molar-refractivity contribution >= 4 is 0 Å². The molecule has 0 bridgehead atoms. The maximum absolute atomic E-state index is 12.1. The molecule has 25 heavy (non-hydrogen) atoms. The van der Waals surface area contributed by atoms with Crippen LogP contribution in [0.5, 0.6) is 5.88 Å². The number of aromatic nitrogens is 4. The van der Waals surface area contributed by atoms with Gasteiger partial charge in [-0.1, -0.05) is 11.2 Å². The van der Waals surface area contributed by atoms with Gasteiger partial charge in [-0.15, -0.1) is 0 Å². The van der Waals surface area contributed by atoms with Gasteiger partial charge in [-0.25, -0.2) is 18.7 Å². The molecular formula is C16H13F2N5O2. The number of nitrogens with one attached hydrogen (secondary N) is 1. The molecule has 0 aliphatic carbocycles. The van der Waals surface area contributed by atoms with E-state index in [0.717, 1.165) is 18.7 Å². The molecule has 1 aromatic carbocycles. The molecule has 1 aliphatic rings. The standard InChI is InChI=1S/C16H13F2N5O2/c17-13(18)8-24-14-7-20-12(6-21-14)15-22-16(25-23-15)9-1-2-10-4-19-5-11(10)3-9/h1-3,6-7,13,19H,4-5,8H2. The molecule has 4 rings (SSSR count). The molecule has 0 saturated carbocycles. The van der Waals surface area contributed by atoms with Crippen LogP contribution >= 0.6 is 0 Å². The van der Waals surface area contributed by atoms with E-state index in [1.807, 2.05) is 18.2 Å². The number of halogens is 2. The lowest BCUT2D eigenvalue weighted by atomic mass is 10.1. The Morgan fingerprint density at radius 1 is 1.16 bits per heavy atom. The van der Waals surface area contributed by atoms with Crippen LogP contribution in [0, 0.1) is 0 Å². The number of hydrogen-bond donors (Lipinski definition) is 1. The van der Waals surface area contributed by atoms with Gasteiger partial charge in [-0.2, -0.15) is 4.98 Å². The van der Waals surface area contributed by atoms with Gasteiger partial charge in [0.25, 0.3) is 12.3 Å². The van der Waals surface area contributed by atoms with E-state index in [-0.39, 0.29) is 11.7 Å². The Labute approximate surface area is 141 Å². The van der Waals surface area contributed by atoms with E-state index in [2.05, 4.69) is 25.4 Å². The quantitative estimate of drug-likeness (QED) is 0.760. The van der Waals surface area contributed by atoms with Crippen molar-refractivity contribution in [1.29, 1.82) is 0 Å². The average molecular weight is 345 g/mol. The molecule has 0 atom stereocenters. The van der Waals surface area contributed by atoms with Gasteiger partial charge in [0.05, 0.1) is 12.4 Å². The van der Waals surface area contributed by atoms with E-state index in [0.29, 0.717) is 11.6 Å². The summed E-state index contributed by atoms with van der Waals surface area (Å²) < 4.78 is 34.3. The molecule has 3 aromatic rings. The second-order valence-corrected chi connectivity index (χ2v) is 5.45. The summed E-state index contributed by atoms with van der Waals surface area (Å²) in [6, 6.07) is 5.97. The molecule has 0 unspecified atom stereocenters. The van der Waals surface area contributed by atoms with E-state index in [4.69, 9.17) is 9.26 Å². The topological polar surface area (TPSA) is 86.0 Å². The Kier molecular flexibility index (Phi) is 4.06. The Morgan fingerprint density at radius 3 is 2.84 bits per heavy atom. The first-order valence-corrected chi connectivity index (χ1v) is 7.59. The molecule has 0 spiro atoms. The van der Waals surface area contributed by atoms with E-state index >= 15 is 0 Å². The van der Waals surface area contributed by atoms with Crippen LogP contribution in [0.15, 0.2) is 35.1 Å². The van der Waals surface area contributed by atoms with Crippen molar-refractivity contribution in [3.05, 3.63) is 41.7 Å². The predicted molar refractivity (Wildman–Crippen MR) is 82.8 cm³/mol. The van der Waals surface area contributed by atoms with Crippen molar-refractivity contribution in [2.45, 2.75) is 19.5 Å². The highest BCUT2D eigenvalue weighted by Gasteiger charge is 2.16. The third kappa shape index (κ3) is 3.31. The first kappa shape index (κ1) is 15.6. The monoisotopic (exact) mass is 345 g/mol. The first-order valence-electron chi connectivity index (χ1n) is 7.59. The van der Waals surface area contributed by atoms with Gasteiger partial charge in [-0.3, -0.25) is 0 Å². The van der Waals surface area contributed by atoms with Crippen LogP contribution in [0.3, 0.4) is 0 Å². The largest absolute Gasteiger partial charge is 0.470 e. The van der Waals surface area contributed by atoms with Crippen molar-refractivity contribution in [1.82, 2.24) is 25.4 Å². The molecule has 1 aliphatic heterocycles. The van der Waals surface area contributed by atoms with Gasteiger partial charge in [0.2, 0.25) is 11.7 Å². The van der Waals surface area contributed by atoms with Gasteiger partial charge in [0.15, 0.2) is 6.61 Å². The highest BCUT2D eigenvalue weighted by atomic mass is 19.3. The van der Waals surface area contributed by atoms with Crippen molar-refractivity contribution in [2.24, 2.45) is 0 Å². The highest BCUT2D eigenvalue weighted by molar-refractivity contribution is 5.59. The number of nitrogens with zero attached hydrogens (tertiary/aromatic N) is 4. The van der Waals surface area contributed by atoms with Crippen LogP contribution in [-0.4, -0.2) is 33.1 Å². The SMILES string of the molecule is FC(F)COc1cnc(-c2noc(-c3ccc4c(c3)CNC4)n2)cn1. The van der Waals surface area contributed by atoms with Crippen LogP contribution in [0.2, 0.25) is 0 Å². The molecule has 1 N–H and O–H groups in total. The molecular weight excluding hydrogens is 332 g/mol. The molecule has 9 heteroatoms. The van der Waals surface area contributed by atoms with Crippen LogP contribution < -0.4 is 10.1 Å². The normalized spacial score (nSPS) is 13.2. The number of rotatable bonds is 5. The van der Waals surface area contributed by atoms with Gasteiger partial charge in [0.1, 0.15) is 5.69 Å². The van der Waals surface area contributed by atoms with Gasteiger partial charge >= 0.3 is 0 Å². The van der Waals surface area contributed by atoms with Crippen LogP contribution in [0.25, 0.3) is 23.0 Å². The van der Waals surface area contributed by atoms with Crippen molar-refractivity contribution in [3.63, 3.8) is 0 Å². The summed E-state index contributed by atoms with van der Waals surface area (Å²) in [5.74, 6) is 0.657. The molecule has 0 radical (unpaired) electrons. The second kappa shape index (κ2) is 6.52. The minimum Gasteiger partial charge on any atom is -0.470 e. The second-order valence-electron chi connectivity index (χ2n) is 5.45. The lowest BCUT2D eigenvalue weighted by Gasteiger charge is -2.03. The van der Waals surface area contributed by atoms with E-state index in [1.54, 1.807) is 0 Å². The zero-order chi connectivity index (χ0) is 17.2. The lowest BCUT2D eigenvalue weighted by Crippen LogP contribution is -2.08. The number of fused-ring (bicyclic) bond motifs is 1. The Balaban J connectivity index is 1.53. The third-order valence-corrected chi connectivity index (χ3v) is 3.72. The Hall–Kier alpha value is -2.94. The summed E-state index contributed by atoms with van der Waals surface area (Å²) >= 11 is 0. The number of benzene rings is 1. The molecule has 128 valence electrons. The lowest BCUT2D eigenvalue weighted by molar-refractivity contribution is 0.0794. The zero-order valence-corrected chi connectivity index (χ0v) is 12.9. The molecule has 3 heterocycles. The van der Waals surface area contributed by atoms with Gasteiger partial charge < -0.3 is 14.6 Å². The van der Waals surface area contributed by atoms with Crippen molar-refractivity contribution in [2.75, 3.05) is 6.61 Å². The minimum atomic E-state index is -2.57. The van der Waals surface area contributed by atoms with Crippen LogP contribution in [-0.2, 0) is 13.1 Å². The number of hydrogen-bond acceptors (Lipinski definition) is 7. The molecule has 0 fully saturated rings. The molecule has 2 aromatic heterocycles. The highest BCUT2D eigenvalue weighted by Crippen LogP contribution is 2.25. The van der Waals surface area contributed by atoms with Crippen molar-refractivity contribution < 1.29 is 18.0 Å². The summed E-state index contributed by atoms with van der Waals surface area (Å²) in [5.41, 5.74) is 3.65. The van der Waals surface area contributed by atoms with Gasteiger partial charge in [0, 0.05) is 18.7 Å². The average Bonchev–Trinajstić information content (AvgIpc) is 3.29. The summed E-state index contributed by atoms with van der Waals surface area (Å²) in [6.45, 7) is 0.948. The summed E-state index contributed by atoms with van der Waals surface area (Å²) in [7, 11) is 0. The Bertz CT molecular complexity index is 882. The minimum absolute atomic E-state index is 0.0129.